The highest BCUT2D eigenvalue weighted by Gasteiger charge is 2.04. The largest absolute Gasteiger partial charge is 0.319 e. The molecule has 0 atom stereocenters. The Hall–Kier alpha value is 0.150. The molecule has 3 nitrogen and oxygen atoms in total. The van der Waals surface area contributed by atoms with E-state index in [9.17, 15) is 0 Å². The minimum Gasteiger partial charge on any atom is -0.316 e. The SMILES string of the molecule is CCOP(N=C=S)OCC. The molecule has 0 saturated carbocycles. The average molecular weight is 179 g/mol. The molecule has 0 aromatic heterocycles. The van der Waals surface area contributed by atoms with Crippen LogP contribution in [0.1, 0.15) is 13.8 Å². The first kappa shape index (κ1) is 10.2. The van der Waals surface area contributed by atoms with Crippen LogP contribution in [0.5, 0.6) is 0 Å². The van der Waals surface area contributed by atoms with Gasteiger partial charge in [-0.3, -0.25) is 0 Å². The van der Waals surface area contributed by atoms with Gasteiger partial charge in [-0.1, -0.05) is 0 Å². The van der Waals surface area contributed by atoms with Gasteiger partial charge in [0.15, 0.2) is 0 Å². The van der Waals surface area contributed by atoms with E-state index in [1.54, 1.807) is 0 Å². The third-order valence-corrected chi connectivity index (χ3v) is 2.05. The van der Waals surface area contributed by atoms with Crippen molar-refractivity contribution in [1.29, 1.82) is 0 Å². The Balaban J connectivity index is 3.60. The Bertz CT molecular complexity index is 121. The maximum atomic E-state index is 5.07. The lowest BCUT2D eigenvalue weighted by Crippen LogP contribution is -1.86. The summed E-state index contributed by atoms with van der Waals surface area (Å²) in [6.07, 6.45) is 0. The van der Waals surface area contributed by atoms with Crippen molar-refractivity contribution >= 4 is 25.9 Å². The lowest BCUT2D eigenvalue weighted by atomic mass is 10.9. The van der Waals surface area contributed by atoms with Crippen LogP contribution in [0.3, 0.4) is 0 Å². The highest BCUT2D eigenvalue weighted by Crippen LogP contribution is 2.38. The van der Waals surface area contributed by atoms with Crippen LogP contribution in [0.4, 0.5) is 0 Å². The fraction of sp³-hybridized carbons (Fsp3) is 0.800. The van der Waals surface area contributed by atoms with E-state index in [0.29, 0.717) is 13.2 Å². The molecule has 0 radical (unpaired) electrons. The van der Waals surface area contributed by atoms with Gasteiger partial charge in [0.05, 0.1) is 18.4 Å². The molecule has 58 valence electrons. The summed E-state index contributed by atoms with van der Waals surface area (Å²) in [4.78, 5) is 0. The molecule has 0 N–H and O–H groups in total. The second-order valence-corrected chi connectivity index (χ2v) is 2.64. The van der Waals surface area contributed by atoms with E-state index in [2.05, 4.69) is 22.1 Å². The van der Waals surface area contributed by atoms with Gasteiger partial charge in [-0.05, 0) is 26.1 Å². The zero-order valence-corrected chi connectivity index (χ0v) is 7.74. The quantitative estimate of drug-likeness (QED) is 0.369. The molecule has 5 heteroatoms. The Morgan fingerprint density at radius 1 is 1.40 bits per heavy atom. The molecule has 0 heterocycles. The molecular formula is C5H10NO2PS. The molecule has 0 saturated heterocycles. The second-order valence-electron chi connectivity index (χ2n) is 1.26. The van der Waals surface area contributed by atoms with Crippen molar-refractivity contribution in [2.75, 3.05) is 13.2 Å². The van der Waals surface area contributed by atoms with Crippen LogP contribution in [0.25, 0.3) is 0 Å². The Kier molecular flexibility index (Phi) is 7.37. The Morgan fingerprint density at radius 2 is 1.90 bits per heavy atom. The van der Waals surface area contributed by atoms with Gasteiger partial charge in [0.1, 0.15) is 0 Å². The van der Waals surface area contributed by atoms with Gasteiger partial charge in [-0.25, -0.2) is 0 Å². The number of hydrogen-bond acceptors (Lipinski definition) is 4. The molecule has 0 aromatic rings. The Labute approximate surface area is 67.4 Å². The van der Waals surface area contributed by atoms with Gasteiger partial charge < -0.3 is 9.05 Å². The lowest BCUT2D eigenvalue weighted by Gasteiger charge is -2.06. The molecule has 0 amide bonds. The second kappa shape index (κ2) is 7.26. The number of isothiocyanates is 1. The van der Waals surface area contributed by atoms with Crippen molar-refractivity contribution in [2.45, 2.75) is 13.8 Å². The highest BCUT2D eigenvalue weighted by atomic mass is 32.1. The molecule has 10 heavy (non-hydrogen) atoms. The van der Waals surface area contributed by atoms with Crippen LogP contribution in [0.15, 0.2) is 4.76 Å². The van der Waals surface area contributed by atoms with Crippen molar-refractivity contribution in [3.05, 3.63) is 0 Å². The van der Waals surface area contributed by atoms with Gasteiger partial charge in [0.2, 0.25) is 0 Å². The Morgan fingerprint density at radius 3 is 2.20 bits per heavy atom. The van der Waals surface area contributed by atoms with Crippen LogP contribution in [0.2, 0.25) is 0 Å². The van der Waals surface area contributed by atoms with Crippen molar-refractivity contribution in [3.8, 4) is 0 Å². The first-order valence-electron chi connectivity index (χ1n) is 2.98. The number of rotatable bonds is 5. The van der Waals surface area contributed by atoms with Crippen molar-refractivity contribution < 1.29 is 9.05 Å². The minimum atomic E-state index is -1.15. The molecule has 0 aliphatic carbocycles. The third kappa shape index (κ3) is 4.98. The highest BCUT2D eigenvalue weighted by molar-refractivity contribution is 7.78. The molecule has 0 fully saturated rings. The van der Waals surface area contributed by atoms with Crippen molar-refractivity contribution in [1.82, 2.24) is 0 Å². The van der Waals surface area contributed by atoms with E-state index < -0.39 is 8.53 Å². The van der Waals surface area contributed by atoms with Crippen LogP contribution in [0, 0.1) is 0 Å². The standard InChI is InChI=1S/C5H10NO2PS/c1-3-7-9(6-5-10)8-4-2/h3-4H2,1-2H3. The molecule has 0 spiro atoms. The number of nitrogens with zero attached hydrogens (tertiary/aromatic N) is 1. The third-order valence-electron chi connectivity index (χ3n) is 0.602. The fourth-order valence-corrected chi connectivity index (χ4v) is 1.25. The fourth-order valence-electron chi connectivity index (χ4n) is 0.349. The predicted octanol–water partition coefficient (Wildman–Crippen LogP) is 2.39. The first-order valence-corrected chi connectivity index (χ1v) is 4.52. The van der Waals surface area contributed by atoms with Gasteiger partial charge in [0.25, 0.3) is 0 Å². The van der Waals surface area contributed by atoms with Crippen molar-refractivity contribution in [2.24, 2.45) is 4.76 Å². The van der Waals surface area contributed by atoms with Crippen LogP contribution in [-0.4, -0.2) is 18.4 Å². The van der Waals surface area contributed by atoms with Crippen LogP contribution in [-0.2, 0) is 9.05 Å². The normalized spacial score (nSPS) is 9.50. The lowest BCUT2D eigenvalue weighted by molar-refractivity contribution is 0.270. The first-order chi connectivity index (χ1) is 4.85. The average Bonchev–Trinajstić information content (AvgIpc) is 1.90. The van der Waals surface area contributed by atoms with Crippen LogP contribution >= 0.6 is 20.7 Å². The summed E-state index contributed by atoms with van der Waals surface area (Å²) in [5, 5.41) is 2.22. The van der Waals surface area contributed by atoms with E-state index >= 15 is 0 Å². The molecule has 0 aliphatic heterocycles. The van der Waals surface area contributed by atoms with Gasteiger partial charge in [-0.15, -0.1) is 0 Å². The number of thiocarbonyl (C=S) groups is 1. The van der Waals surface area contributed by atoms with Gasteiger partial charge >= 0.3 is 8.53 Å². The molecule has 0 aliphatic rings. The molecule has 0 bridgehead atoms. The summed E-state index contributed by atoms with van der Waals surface area (Å²) in [7, 11) is -1.15. The summed E-state index contributed by atoms with van der Waals surface area (Å²) in [5.74, 6) is 0. The van der Waals surface area contributed by atoms with Crippen LogP contribution < -0.4 is 0 Å². The van der Waals surface area contributed by atoms with E-state index in [1.165, 1.54) is 0 Å². The number of hydrogen-bond donors (Lipinski definition) is 0. The van der Waals surface area contributed by atoms with Gasteiger partial charge in [0, 0.05) is 0 Å². The predicted molar refractivity (Wildman–Crippen MR) is 45.2 cm³/mol. The monoisotopic (exact) mass is 179 g/mol. The van der Waals surface area contributed by atoms with Gasteiger partial charge in [-0.2, -0.15) is 4.76 Å². The zero-order chi connectivity index (χ0) is 7.82. The van der Waals surface area contributed by atoms with E-state index in [0.717, 1.165) is 0 Å². The summed E-state index contributed by atoms with van der Waals surface area (Å²) in [6.45, 7) is 4.94. The maximum absolute atomic E-state index is 5.07. The summed E-state index contributed by atoms with van der Waals surface area (Å²) < 4.78 is 13.8. The summed E-state index contributed by atoms with van der Waals surface area (Å²) >= 11 is 4.40. The minimum absolute atomic E-state index is 0.590. The summed E-state index contributed by atoms with van der Waals surface area (Å²) in [5.41, 5.74) is 0. The zero-order valence-electron chi connectivity index (χ0n) is 6.03. The summed E-state index contributed by atoms with van der Waals surface area (Å²) in [6, 6.07) is 0. The molecule has 0 unspecified atom stereocenters. The smallest absolute Gasteiger partial charge is 0.316 e. The van der Waals surface area contributed by atoms with Crippen molar-refractivity contribution in [3.63, 3.8) is 0 Å². The molecule has 0 rings (SSSR count). The maximum Gasteiger partial charge on any atom is 0.319 e. The molecule has 0 aromatic carbocycles. The van der Waals surface area contributed by atoms with E-state index in [1.807, 2.05) is 13.8 Å². The molecular weight excluding hydrogens is 169 g/mol. The topological polar surface area (TPSA) is 30.8 Å². The van der Waals surface area contributed by atoms with E-state index in [4.69, 9.17) is 9.05 Å². The van der Waals surface area contributed by atoms with E-state index in [-0.39, 0.29) is 0 Å².